The summed E-state index contributed by atoms with van der Waals surface area (Å²) < 4.78 is 0. The standard InChI is InChI=1S/C12H23N3O/c1-11-12(16)15(8-4-5-13-11)10-9-14-6-2-3-7-14/h11,13H,2-10H2,1H3. The van der Waals surface area contributed by atoms with Gasteiger partial charge < -0.3 is 15.1 Å². The summed E-state index contributed by atoms with van der Waals surface area (Å²) in [5.74, 6) is 0.275. The van der Waals surface area contributed by atoms with Crippen molar-refractivity contribution in [3.63, 3.8) is 0 Å². The molecular formula is C12H23N3O. The Hall–Kier alpha value is -0.610. The van der Waals surface area contributed by atoms with Crippen LogP contribution in [0.15, 0.2) is 0 Å². The number of likely N-dealkylation sites (tertiary alicyclic amines) is 1. The molecule has 1 N–H and O–H groups in total. The van der Waals surface area contributed by atoms with E-state index in [4.69, 9.17) is 0 Å². The van der Waals surface area contributed by atoms with Crippen molar-refractivity contribution >= 4 is 5.91 Å². The summed E-state index contributed by atoms with van der Waals surface area (Å²) >= 11 is 0. The van der Waals surface area contributed by atoms with Crippen molar-refractivity contribution in [3.8, 4) is 0 Å². The van der Waals surface area contributed by atoms with Crippen LogP contribution in [0.1, 0.15) is 26.2 Å². The minimum Gasteiger partial charge on any atom is -0.340 e. The van der Waals surface area contributed by atoms with E-state index < -0.39 is 0 Å². The lowest BCUT2D eigenvalue weighted by atomic mass is 10.3. The third-order valence-corrected chi connectivity index (χ3v) is 3.62. The zero-order valence-electron chi connectivity index (χ0n) is 10.2. The fraction of sp³-hybridized carbons (Fsp3) is 0.917. The van der Waals surface area contributed by atoms with E-state index >= 15 is 0 Å². The number of amides is 1. The van der Waals surface area contributed by atoms with Gasteiger partial charge in [-0.1, -0.05) is 0 Å². The Balaban J connectivity index is 1.79. The molecule has 0 saturated carbocycles. The molecule has 2 fully saturated rings. The molecule has 0 spiro atoms. The van der Waals surface area contributed by atoms with Crippen molar-refractivity contribution in [1.29, 1.82) is 0 Å². The number of rotatable bonds is 3. The van der Waals surface area contributed by atoms with Gasteiger partial charge in [-0.3, -0.25) is 4.79 Å². The molecule has 4 heteroatoms. The molecular weight excluding hydrogens is 202 g/mol. The summed E-state index contributed by atoms with van der Waals surface area (Å²) in [4.78, 5) is 16.5. The highest BCUT2D eigenvalue weighted by molar-refractivity contribution is 5.81. The van der Waals surface area contributed by atoms with Crippen LogP contribution >= 0.6 is 0 Å². The SMILES string of the molecule is CC1NCCCN(CCN2CCCC2)C1=O. The second kappa shape index (κ2) is 5.64. The molecule has 1 unspecified atom stereocenters. The quantitative estimate of drug-likeness (QED) is 0.750. The van der Waals surface area contributed by atoms with E-state index in [-0.39, 0.29) is 11.9 Å². The monoisotopic (exact) mass is 225 g/mol. The van der Waals surface area contributed by atoms with E-state index in [2.05, 4.69) is 10.2 Å². The number of hydrogen-bond donors (Lipinski definition) is 1. The van der Waals surface area contributed by atoms with Crippen LogP contribution in [0, 0.1) is 0 Å². The first-order valence-electron chi connectivity index (χ1n) is 6.52. The third-order valence-electron chi connectivity index (χ3n) is 3.62. The lowest BCUT2D eigenvalue weighted by Crippen LogP contribution is -2.44. The molecule has 0 radical (unpaired) electrons. The molecule has 16 heavy (non-hydrogen) atoms. The van der Waals surface area contributed by atoms with Crippen molar-refractivity contribution in [2.45, 2.75) is 32.2 Å². The van der Waals surface area contributed by atoms with E-state index in [9.17, 15) is 4.79 Å². The van der Waals surface area contributed by atoms with Gasteiger partial charge in [-0.2, -0.15) is 0 Å². The van der Waals surface area contributed by atoms with E-state index in [1.807, 2.05) is 11.8 Å². The van der Waals surface area contributed by atoms with Gasteiger partial charge in [-0.05, 0) is 45.8 Å². The molecule has 0 aliphatic carbocycles. The van der Waals surface area contributed by atoms with Crippen molar-refractivity contribution in [3.05, 3.63) is 0 Å². The Bertz CT molecular complexity index is 238. The van der Waals surface area contributed by atoms with E-state index in [1.165, 1.54) is 25.9 Å². The van der Waals surface area contributed by atoms with Gasteiger partial charge in [0, 0.05) is 19.6 Å². The molecule has 0 bridgehead atoms. The first-order chi connectivity index (χ1) is 7.77. The zero-order valence-corrected chi connectivity index (χ0v) is 10.2. The van der Waals surface area contributed by atoms with Gasteiger partial charge in [-0.15, -0.1) is 0 Å². The summed E-state index contributed by atoms with van der Waals surface area (Å²) in [6.45, 7) is 8.25. The Labute approximate surface area is 98.0 Å². The average molecular weight is 225 g/mol. The van der Waals surface area contributed by atoms with Gasteiger partial charge in [0.05, 0.1) is 6.04 Å². The molecule has 1 atom stereocenters. The Morgan fingerprint density at radius 3 is 2.69 bits per heavy atom. The molecule has 0 aromatic rings. The highest BCUT2D eigenvalue weighted by Crippen LogP contribution is 2.08. The number of carbonyl (C=O) groups excluding carboxylic acids is 1. The molecule has 2 heterocycles. The predicted octanol–water partition coefficient (Wildman–Crippen LogP) is 0.293. The van der Waals surface area contributed by atoms with Crippen LogP contribution in [0.25, 0.3) is 0 Å². The first-order valence-corrected chi connectivity index (χ1v) is 6.52. The largest absolute Gasteiger partial charge is 0.340 e. The minimum absolute atomic E-state index is 0.000998. The maximum absolute atomic E-state index is 12.0. The summed E-state index contributed by atoms with van der Waals surface area (Å²) in [5.41, 5.74) is 0. The molecule has 1 amide bonds. The highest BCUT2D eigenvalue weighted by atomic mass is 16.2. The van der Waals surface area contributed by atoms with Crippen LogP contribution < -0.4 is 5.32 Å². The lowest BCUT2D eigenvalue weighted by molar-refractivity contribution is -0.132. The number of hydrogen-bond acceptors (Lipinski definition) is 3. The molecule has 2 rings (SSSR count). The van der Waals surface area contributed by atoms with Crippen LogP contribution in [0.2, 0.25) is 0 Å². The first kappa shape index (κ1) is 11.9. The zero-order chi connectivity index (χ0) is 11.4. The average Bonchev–Trinajstić information content (AvgIpc) is 2.74. The van der Waals surface area contributed by atoms with Gasteiger partial charge in [0.25, 0.3) is 0 Å². The number of nitrogens with zero attached hydrogens (tertiary/aromatic N) is 2. The third kappa shape index (κ3) is 2.95. The molecule has 0 aromatic heterocycles. The molecule has 2 saturated heterocycles. The topological polar surface area (TPSA) is 35.6 Å². The Morgan fingerprint density at radius 1 is 1.19 bits per heavy atom. The summed E-state index contributed by atoms with van der Waals surface area (Å²) in [7, 11) is 0. The van der Waals surface area contributed by atoms with Gasteiger partial charge in [0.2, 0.25) is 5.91 Å². The molecule has 2 aliphatic heterocycles. The summed E-state index contributed by atoms with van der Waals surface area (Å²) in [6.07, 6.45) is 3.73. The van der Waals surface area contributed by atoms with Crippen LogP contribution in [0.4, 0.5) is 0 Å². The maximum atomic E-state index is 12.0. The Morgan fingerprint density at radius 2 is 1.94 bits per heavy atom. The van der Waals surface area contributed by atoms with Crippen molar-refractivity contribution in [2.24, 2.45) is 0 Å². The summed E-state index contributed by atoms with van der Waals surface area (Å²) in [6, 6.07) is 0.000998. The predicted molar refractivity (Wildman–Crippen MR) is 64.3 cm³/mol. The van der Waals surface area contributed by atoms with Crippen LogP contribution in [-0.2, 0) is 4.79 Å². The maximum Gasteiger partial charge on any atom is 0.239 e. The molecule has 92 valence electrons. The molecule has 0 aromatic carbocycles. The second-order valence-electron chi connectivity index (χ2n) is 4.90. The van der Waals surface area contributed by atoms with Gasteiger partial charge in [0.1, 0.15) is 0 Å². The van der Waals surface area contributed by atoms with Crippen molar-refractivity contribution in [1.82, 2.24) is 15.1 Å². The van der Waals surface area contributed by atoms with E-state index in [0.717, 1.165) is 32.6 Å². The Kier molecular flexibility index (Phi) is 4.18. The van der Waals surface area contributed by atoms with Crippen LogP contribution in [-0.4, -0.2) is 61.0 Å². The number of carbonyl (C=O) groups is 1. The fourth-order valence-corrected chi connectivity index (χ4v) is 2.55. The van der Waals surface area contributed by atoms with Gasteiger partial charge in [-0.25, -0.2) is 0 Å². The van der Waals surface area contributed by atoms with E-state index in [1.54, 1.807) is 0 Å². The molecule has 4 nitrogen and oxygen atoms in total. The second-order valence-corrected chi connectivity index (χ2v) is 4.90. The smallest absolute Gasteiger partial charge is 0.239 e. The van der Waals surface area contributed by atoms with Gasteiger partial charge in [0.15, 0.2) is 0 Å². The minimum atomic E-state index is 0.000998. The van der Waals surface area contributed by atoms with Crippen molar-refractivity contribution in [2.75, 3.05) is 39.3 Å². The van der Waals surface area contributed by atoms with Crippen molar-refractivity contribution < 1.29 is 4.79 Å². The van der Waals surface area contributed by atoms with Crippen LogP contribution in [0.3, 0.4) is 0 Å². The number of nitrogens with one attached hydrogen (secondary N) is 1. The summed E-state index contributed by atoms with van der Waals surface area (Å²) in [5, 5.41) is 3.25. The van der Waals surface area contributed by atoms with Gasteiger partial charge >= 0.3 is 0 Å². The lowest BCUT2D eigenvalue weighted by Gasteiger charge is -2.25. The van der Waals surface area contributed by atoms with Crippen LogP contribution in [0.5, 0.6) is 0 Å². The van der Waals surface area contributed by atoms with E-state index in [0.29, 0.717) is 0 Å². The fourth-order valence-electron chi connectivity index (χ4n) is 2.55. The highest BCUT2D eigenvalue weighted by Gasteiger charge is 2.23. The normalized spacial score (nSPS) is 28.4. The molecule has 2 aliphatic rings.